The molecule has 0 heterocycles. The number of alkyl halides is 1. The van der Waals surface area contributed by atoms with Gasteiger partial charge in [-0.05, 0) is 6.42 Å². The summed E-state index contributed by atoms with van der Waals surface area (Å²) in [4.78, 5) is 11.4. The van der Waals surface area contributed by atoms with Gasteiger partial charge in [0.05, 0.1) is 5.88 Å². The number of hydrogen-bond acceptors (Lipinski definition) is 3. The molecule has 0 aliphatic carbocycles. The maximum atomic E-state index is 11.4. The molecule has 1 N–H and O–H groups in total. The highest BCUT2D eigenvalue weighted by Gasteiger charge is 2.07. The molecule has 0 aliphatic rings. The minimum Gasteiger partial charge on any atom is -0.463 e. The summed E-state index contributed by atoms with van der Waals surface area (Å²) in [5.74, 6) is -0.121. The average molecular weight is 363 g/mol. The highest BCUT2D eigenvalue weighted by molar-refractivity contribution is 6.18. The Morgan fingerprint density at radius 3 is 1.67 bits per heavy atom. The van der Waals surface area contributed by atoms with E-state index in [2.05, 4.69) is 6.92 Å². The molecule has 1 atom stereocenters. The number of carbonyl (C=O) groups is 1. The summed E-state index contributed by atoms with van der Waals surface area (Å²) in [6, 6.07) is 0. The Kier molecular flexibility index (Phi) is 18.8. The van der Waals surface area contributed by atoms with Gasteiger partial charge < -0.3 is 9.84 Å². The van der Waals surface area contributed by atoms with Gasteiger partial charge in [-0.15, -0.1) is 11.6 Å². The Labute approximate surface area is 154 Å². The second kappa shape index (κ2) is 19.1. The van der Waals surface area contributed by atoms with E-state index < -0.39 is 6.10 Å². The normalized spacial score (nSPS) is 12.3. The third-order valence-corrected chi connectivity index (χ3v) is 4.71. The summed E-state index contributed by atoms with van der Waals surface area (Å²) in [7, 11) is 0. The predicted octanol–water partition coefficient (Wildman–Crippen LogP) is 6.00. The number of aliphatic hydroxyl groups excluding tert-OH is 1. The third kappa shape index (κ3) is 18.1. The molecule has 0 radical (unpaired) electrons. The second-order valence-electron chi connectivity index (χ2n) is 6.84. The van der Waals surface area contributed by atoms with Crippen molar-refractivity contribution < 1.29 is 14.6 Å². The van der Waals surface area contributed by atoms with Crippen LogP contribution < -0.4 is 0 Å². The zero-order valence-corrected chi connectivity index (χ0v) is 16.5. The molecule has 24 heavy (non-hydrogen) atoms. The van der Waals surface area contributed by atoms with E-state index in [9.17, 15) is 9.90 Å². The molecule has 0 bridgehead atoms. The lowest BCUT2D eigenvalue weighted by molar-refractivity contribution is -0.146. The maximum Gasteiger partial charge on any atom is 0.305 e. The number of halogens is 1. The third-order valence-electron chi connectivity index (χ3n) is 4.35. The van der Waals surface area contributed by atoms with Gasteiger partial charge in [0, 0.05) is 6.42 Å². The molecular weight excluding hydrogens is 324 g/mol. The first kappa shape index (κ1) is 23.7. The van der Waals surface area contributed by atoms with Gasteiger partial charge in [-0.1, -0.05) is 90.4 Å². The minimum absolute atomic E-state index is 0.0148. The fourth-order valence-corrected chi connectivity index (χ4v) is 2.86. The number of carbonyl (C=O) groups excluding carboxylic acids is 1. The molecule has 144 valence electrons. The van der Waals surface area contributed by atoms with E-state index in [0.717, 1.165) is 12.8 Å². The van der Waals surface area contributed by atoms with Gasteiger partial charge in [0.2, 0.25) is 0 Å². The van der Waals surface area contributed by atoms with Crippen molar-refractivity contribution in [2.75, 3.05) is 12.5 Å². The summed E-state index contributed by atoms with van der Waals surface area (Å²) in [6.45, 7) is 2.28. The van der Waals surface area contributed by atoms with Crippen molar-refractivity contribution in [2.24, 2.45) is 0 Å². The first-order valence-corrected chi connectivity index (χ1v) is 10.6. The van der Waals surface area contributed by atoms with Crippen LogP contribution in [-0.2, 0) is 9.53 Å². The highest BCUT2D eigenvalue weighted by atomic mass is 35.5. The molecule has 0 aliphatic heterocycles. The molecule has 0 spiro atoms. The van der Waals surface area contributed by atoms with Crippen molar-refractivity contribution in [1.29, 1.82) is 0 Å². The topological polar surface area (TPSA) is 46.5 Å². The van der Waals surface area contributed by atoms with Crippen LogP contribution >= 0.6 is 11.6 Å². The molecule has 0 amide bonds. The zero-order valence-electron chi connectivity index (χ0n) is 15.7. The molecule has 4 heteroatoms. The summed E-state index contributed by atoms with van der Waals surface area (Å²) < 4.78 is 4.93. The van der Waals surface area contributed by atoms with Crippen LogP contribution in [0.1, 0.15) is 103 Å². The number of ether oxygens (including phenoxy) is 1. The first-order chi connectivity index (χ1) is 11.7. The first-order valence-electron chi connectivity index (χ1n) is 10.1. The summed E-state index contributed by atoms with van der Waals surface area (Å²) in [6.07, 6.45) is 18.0. The Morgan fingerprint density at radius 2 is 1.25 bits per heavy atom. The summed E-state index contributed by atoms with van der Waals surface area (Å²) >= 11 is 5.43. The van der Waals surface area contributed by atoms with Crippen molar-refractivity contribution in [3.8, 4) is 0 Å². The van der Waals surface area contributed by atoms with Gasteiger partial charge in [0.1, 0.15) is 12.7 Å². The van der Waals surface area contributed by atoms with Gasteiger partial charge in [-0.3, -0.25) is 4.79 Å². The van der Waals surface area contributed by atoms with Crippen LogP contribution in [0.25, 0.3) is 0 Å². The van der Waals surface area contributed by atoms with E-state index in [0.29, 0.717) is 6.42 Å². The van der Waals surface area contributed by atoms with E-state index in [1.54, 1.807) is 0 Å². The monoisotopic (exact) mass is 362 g/mol. The Morgan fingerprint density at radius 1 is 0.833 bits per heavy atom. The molecule has 0 saturated carbocycles. The molecule has 3 nitrogen and oxygen atoms in total. The quantitative estimate of drug-likeness (QED) is 0.185. The smallest absolute Gasteiger partial charge is 0.305 e. The highest BCUT2D eigenvalue weighted by Crippen LogP contribution is 2.13. The molecule has 0 rings (SSSR count). The molecule has 0 aromatic heterocycles. The molecule has 0 saturated heterocycles. The summed E-state index contributed by atoms with van der Waals surface area (Å²) in [5.41, 5.74) is 0. The zero-order chi connectivity index (χ0) is 17.9. The van der Waals surface area contributed by atoms with Crippen LogP contribution in [0.3, 0.4) is 0 Å². The van der Waals surface area contributed by atoms with Crippen molar-refractivity contribution in [1.82, 2.24) is 0 Å². The van der Waals surface area contributed by atoms with Crippen molar-refractivity contribution >= 4 is 17.6 Å². The lowest BCUT2D eigenvalue weighted by Crippen LogP contribution is -2.19. The number of hydrogen-bond donors (Lipinski definition) is 1. The van der Waals surface area contributed by atoms with Gasteiger partial charge in [-0.25, -0.2) is 0 Å². The Balaban J connectivity index is 3.13. The molecule has 0 aromatic rings. The number of unbranched alkanes of at least 4 members (excludes halogenated alkanes) is 13. The Bertz CT molecular complexity index is 272. The standard InChI is InChI=1S/C20H39ClO3/c1-2-3-4-5-6-7-8-9-10-11-12-13-14-15-16-20(23)24-18-19(22)17-21/h19,22H,2-18H2,1H3/t19-/m0/s1. The molecule has 0 fully saturated rings. The van der Waals surface area contributed by atoms with Crippen LogP contribution in [0, 0.1) is 0 Å². The fourth-order valence-electron chi connectivity index (χ4n) is 2.77. The lowest BCUT2D eigenvalue weighted by atomic mass is 10.0. The molecular formula is C20H39ClO3. The van der Waals surface area contributed by atoms with Crippen LogP contribution in [0.15, 0.2) is 0 Å². The van der Waals surface area contributed by atoms with E-state index in [-0.39, 0.29) is 18.5 Å². The van der Waals surface area contributed by atoms with Gasteiger partial charge >= 0.3 is 5.97 Å². The largest absolute Gasteiger partial charge is 0.463 e. The van der Waals surface area contributed by atoms with Crippen molar-refractivity contribution in [3.63, 3.8) is 0 Å². The average Bonchev–Trinajstić information content (AvgIpc) is 2.59. The molecule has 0 aromatic carbocycles. The van der Waals surface area contributed by atoms with E-state index in [1.807, 2.05) is 0 Å². The van der Waals surface area contributed by atoms with Gasteiger partial charge in [-0.2, -0.15) is 0 Å². The Hall–Kier alpha value is -0.280. The van der Waals surface area contributed by atoms with E-state index in [1.165, 1.54) is 77.0 Å². The van der Waals surface area contributed by atoms with Gasteiger partial charge in [0.25, 0.3) is 0 Å². The maximum absolute atomic E-state index is 11.4. The molecule has 0 unspecified atom stereocenters. The predicted molar refractivity (Wildman–Crippen MR) is 103 cm³/mol. The van der Waals surface area contributed by atoms with E-state index >= 15 is 0 Å². The number of aliphatic hydroxyl groups is 1. The number of rotatable bonds is 18. The van der Waals surface area contributed by atoms with E-state index in [4.69, 9.17) is 16.3 Å². The minimum atomic E-state index is -0.744. The van der Waals surface area contributed by atoms with Crippen LogP contribution in [0.5, 0.6) is 0 Å². The fraction of sp³-hybridized carbons (Fsp3) is 0.950. The van der Waals surface area contributed by atoms with Gasteiger partial charge in [0.15, 0.2) is 0 Å². The van der Waals surface area contributed by atoms with Crippen LogP contribution in [0.4, 0.5) is 0 Å². The van der Waals surface area contributed by atoms with Crippen molar-refractivity contribution in [3.05, 3.63) is 0 Å². The van der Waals surface area contributed by atoms with Crippen LogP contribution in [0.2, 0.25) is 0 Å². The number of esters is 1. The van der Waals surface area contributed by atoms with Crippen LogP contribution in [-0.4, -0.2) is 29.7 Å². The lowest BCUT2D eigenvalue weighted by Gasteiger charge is -2.08. The second-order valence-corrected chi connectivity index (χ2v) is 7.15. The summed E-state index contributed by atoms with van der Waals surface area (Å²) in [5, 5.41) is 9.19. The van der Waals surface area contributed by atoms with Crippen molar-refractivity contribution in [2.45, 2.75) is 109 Å². The SMILES string of the molecule is CCCCCCCCCCCCCCCCC(=O)OC[C@@H](O)CCl.